The number of benzene rings is 5. The molecule has 0 amide bonds. The van der Waals surface area contributed by atoms with E-state index in [1.165, 1.54) is 32.7 Å². The first-order valence-electron chi connectivity index (χ1n) is 13.9. The summed E-state index contributed by atoms with van der Waals surface area (Å²) < 4.78 is 4.68. The van der Waals surface area contributed by atoms with E-state index >= 15 is 0 Å². The van der Waals surface area contributed by atoms with Crippen LogP contribution < -0.4 is 0 Å². The SMILES string of the molecule is Cc1ccccc1-c1cncc(-n2c3ccccc3c3cc4nc5c6ccccc6c6ccccc6n5c4cc32)c1. The molecule has 0 spiro atoms. The number of hydrogen-bond donors (Lipinski definition) is 0. The zero-order valence-corrected chi connectivity index (χ0v) is 22.4. The first-order chi connectivity index (χ1) is 20.3. The van der Waals surface area contributed by atoms with Crippen molar-refractivity contribution in [3.63, 3.8) is 0 Å². The molecule has 9 rings (SSSR count). The van der Waals surface area contributed by atoms with Crippen LogP contribution in [0.15, 0.2) is 128 Å². The fraction of sp³-hybridized carbons (Fsp3) is 0.0270. The summed E-state index contributed by atoms with van der Waals surface area (Å²) in [6.07, 6.45) is 3.93. The van der Waals surface area contributed by atoms with Gasteiger partial charge in [-0.15, -0.1) is 0 Å². The van der Waals surface area contributed by atoms with Crippen molar-refractivity contribution >= 4 is 60.2 Å². The minimum absolute atomic E-state index is 0.987. The van der Waals surface area contributed by atoms with Gasteiger partial charge in [0.25, 0.3) is 0 Å². The molecule has 0 bridgehead atoms. The molecule has 0 atom stereocenters. The van der Waals surface area contributed by atoms with Gasteiger partial charge in [0.1, 0.15) is 5.65 Å². The first-order valence-corrected chi connectivity index (χ1v) is 13.9. The lowest BCUT2D eigenvalue weighted by molar-refractivity contribution is 1.14. The third kappa shape index (κ3) is 3.10. The average Bonchev–Trinajstić information content (AvgIpc) is 3.56. The van der Waals surface area contributed by atoms with Crippen LogP contribution in [0.1, 0.15) is 5.56 Å². The van der Waals surface area contributed by atoms with Gasteiger partial charge >= 0.3 is 0 Å². The summed E-state index contributed by atoms with van der Waals surface area (Å²) in [6.45, 7) is 2.15. The molecule has 0 fully saturated rings. The van der Waals surface area contributed by atoms with E-state index in [0.717, 1.165) is 49.9 Å². The van der Waals surface area contributed by atoms with Crippen LogP contribution in [0.4, 0.5) is 0 Å². The molecule has 0 aliphatic heterocycles. The van der Waals surface area contributed by atoms with Crippen LogP contribution in [0, 0.1) is 6.92 Å². The summed E-state index contributed by atoms with van der Waals surface area (Å²) in [4.78, 5) is 9.95. The lowest BCUT2D eigenvalue weighted by Gasteiger charge is -2.11. The number of fused-ring (bicyclic) bond motifs is 11. The molecular weight excluding hydrogens is 500 g/mol. The zero-order valence-electron chi connectivity index (χ0n) is 22.4. The zero-order chi connectivity index (χ0) is 27.1. The van der Waals surface area contributed by atoms with Gasteiger partial charge in [0.15, 0.2) is 0 Å². The van der Waals surface area contributed by atoms with Gasteiger partial charge in [-0.1, -0.05) is 84.9 Å². The summed E-state index contributed by atoms with van der Waals surface area (Å²) in [6, 6.07) is 41.2. The van der Waals surface area contributed by atoms with Crippen molar-refractivity contribution in [1.29, 1.82) is 0 Å². The Hall–Kier alpha value is -5.48. The third-order valence-corrected chi connectivity index (χ3v) is 8.49. The van der Waals surface area contributed by atoms with Crippen molar-refractivity contribution in [1.82, 2.24) is 18.9 Å². The lowest BCUT2D eigenvalue weighted by atomic mass is 10.0. The van der Waals surface area contributed by atoms with Crippen molar-refractivity contribution in [3.05, 3.63) is 133 Å². The number of pyridine rings is 2. The highest BCUT2D eigenvalue weighted by molar-refractivity contribution is 6.17. The van der Waals surface area contributed by atoms with E-state index in [2.05, 4.69) is 131 Å². The molecule has 0 saturated heterocycles. The molecule has 4 heterocycles. The maximum atomic E-state index is 5.24. The number of hydrogen-bond acceptors (Lipinski definition) is 2. The predicted octanol–water partition coefficient (Wildman–Crippen LogP) is 9.26. The van der Waals surface area contributed by atoms with Gasteiger partial charge in [0.2, 0.25) is 0 Å². The summed E-state index contributed by atoms with van der Waals surface area (Å²) in [5.74, 6) is 0. The molecule has 0 aliphatic rings. The Morgan fingerprint density at radius 1 is 0.537 bits per heavy atom. The highest BCUT2D eigenvalue weighted by atomic mass is 15.0. The Bertz CT molecular complexity index is 2500. The highest BCUT2D eigenvalue weighted by Crippen LogP contribution is 2.38. The highest BCUT2D eigenvalue weighted by Gasteiger charge is 2.18. The van der Waals surface area contributed by atoms with E-state index in [4.69, 9.17) is 9.97 Å². The van der Waals surface area contributed by atoms with Crippen LogP contribution in [0.3, 0.4) is 0 Å². The van der Waals surface area contributed by atoms with Crippen LogP contribution in [-0.4, -0.2) is 18.9 Å². The van der Waals surface area contributed by atoms with Gasteiger partial charge in [-0.25, -0.2) is 4.98 Å². The quantitative estimate of drug-likeness (QED) is 0.211. The van der Waals surface area contributed by atoms with Crippen LogP contribution in [-0.2, 0) is 0 Å². The van der Waals surface area contributed by atoms with Crippen LogP contribution >= 0.6 is 0 Å². The number of nitrogens with zero attached hydrogens (tertiary/aromatic N) is 4. The van der Waals surface area contributed by atoms with Gasteiger partial charge in [0, 0.05) is 33.3 Å². The monoisotopic (exact) mass is 524 g/mol. The number of para-hydroxylation sites is 2. The topological polar surface area (TPSA) is 35.1 Å². The van der Waals surface area contributed by atoms with E-state index in [1.807, 2.05) is 12.4 Å². The van der Waals surface area contributed by atoms with Crippen LogP contribution in [0.5, 0.6) is 0 Å². The summed E-state index contributed by atoms with van der Waals surface area (Å²) in [5, 5.41) is 6.01. The molecule has 0 N–H and O–H groups in total. The number of aromatic nitrogens is 4. The van der Waals surface area contributed by atoms with Gasteiger partial charge in [-0.2, -0.15) is 0 Å². The van der Waals surface area contributed by atoms with E-state index in [-0.39, 0.29) is 0 Å². The Morgan fingerprint density at radius 2 is 1.22 bits per heavy atom. The van der Waals surface area contributed by atoms with Crippen LogP contribution in [0.25, 0.3) is 77.0 Å². The minimum Gasteiger partial charge on any atom is -0.308 e. The van der Waals surface area contributed by atoms with Crippen molar-refractivity contribution < 1.29 is 0 Å². The lowest BCUT2D eigenvalue weighted by Crippen LogP contribution is -1.96. The van der Waals surface area contributed by atoms with Crippen molar-refractivity contribution in [2.45, 2.75) is 6.92 Å². The Morgan fingerprint density at radius 3 is 2.05 bits per heavy atom. The molecule has 0 radical (unpaired) electrons. The standard InChI is InChI=1S/C37H24N4/c1-23-10-2-3-11-26(23)24-18-25(22-38-21-24)40-33-16-8-7-14-29(33)31-19-32-36(20-35(31)40)41-34-17-9-6-13-28(34)27-12-4-5-15-30(27)37(41)39-32/h2-22H,1H3. The van der Waals surface area contributed by atoms with E-state index in [9.17, 15) is 0 Å². The summed E-state index contributed by atoms with van der Waals surface area (Å²) in [7, 11) is 0. The molecule has 0 unspecified atom stereocenters. The second-order valence-corrected chi connectivity index (χ2v) is 10.8. The average molecular weight is 525 g/mol. The summed E-state index contributed by atoms with van der Waals surface area (Å²) in [5.41, 5.74) is 11.1. The van der Waals surface area contributed by atoms with E-state index < -0.39 is 0 Å². The normalized spacial score (nSPS) is 12.0. The number of rotatable bonds is 2. The fourth-order valence-corrected chi connectivity index (χ4v) is 6.65. The predicted molar refractivity (Wildman–Crippen MR) is 170 cm³/mol. The van der Waals surface area contributed by atoms with E-state index in [1.54, 1.807) is 0 Å². The van der Waals surface area contributed by atoms with E-state index in [0.29, 0.717) is 0 Å². The second kappa shape index (κ2) is 8.26. The van der Waals surface area contributed by atoms with Crippen LogP contribution in [0.2, 0.25) is 0 Å². The van der Waals surface area contributed by atoms with Crippen molar-refractivity contribution in [2.24, 2.45) is 0 Å². The largest absolute Gasteiger partial charge is 0.308 e. The van der Waals surface area contributed by atoms with Crippen molar-refractivity contribution in [3.8, 4) is 16.8 Å². The molecule has 4 nitrogen and oxygen atoms in total. The molecule has 4 aromatic heterocycles. The van der Waals surface area contributed by atoms with Gasteiger partial charge in [-0.3, -0.25) is 9.38 Å². The Balaban J connectivity index is 1.42. The van der Waals surface area contributed by atoms with Gasteiger partial charge in [0.05, 0.1) is 39.5 Å². The maximum Gasteiger partial charge on any atom is 0.146 e. The number of imidazole rings is 1. The van der Waals surface area contributed by atoms with Crippen molar-refractivity contribution in [2.75, 3.05) is 0 Å². The molecule has 41 heavy (non-hydrogen) atoms. The summed E-state index contributed by atoms with van der Waals surface area (Å²) >= 11 is 0. The smallest absolute Gasteiger partial charge is 0.146 e. The van der Waals surface area contributed by atoms with Gasteiger partial charge in [-0.05, 0) is 53.8 Å². The Kier molecular flexibility index (Phi) is 4.50. The molecule has 0 saturated carbocycles. The maximum absolute atomic E-state index is 5.24. The van der Waals surface area contributed by atoms with Gasteiger partial charge < -0.3 is 4.57 Å². The molecular formula is C37H24N4. The Labute approximate surface area is 235 Å². The molecule has 4 heteroatoms. The molecule has 5 aromatic carbocycles. The fourth-order valence-electron chi connectivity index (χ4n) is 6.65. The molecule has 192 valence electrons. The second-order valence-electron chi connectivity index (χ2n) is 10.8. The third-order valence-electron chi connectivity index (χ3n) is 8.49. The first kappa shape index (κ1) is 22.3. The minimum atomic E-state index is 0.987. The molecule has 9 aromatic rings. The molecule has 0 aliphatic carbocycles. The number of aryl methyl sites for hydroxylation is 1.